The Morgan fingerprint density at radius 2 is 2.11 bits per heavy atom. The first-order valence-electron chi connectivity index (χ1n) is 6.28. The van der Waals surface area contributed by atoms with Gasteiger partial charge in [0.25, 0.3) is 0 Å². The largest absolute Gasteiger partial charge is 0.496 e. The monoisotopic (exact) mass is 257 g/mol. The highest BCUT2D eigenvalue weighted by atomic mass is 16.5. The van der Waals surface area contributed by atoms with Crippen molar-refractivity contribution in [3.63, 3.8) is 0 Å². The molecule has 4 heteroatoms. The van der Waals surface area contributed by atoms with E-state index in [2.05, 4.69) is 16.4 Å². The van der Waals surface area contributed by atoms with Crippen molar-refractivity contribution in [1.82, 2.24) is 4.98 Å². The second-order valence-corrected chi connectivity index (χ2v) is 4.44. The van der Waals surface area contributed by atoms with Gasteiger partial charge in [0, 0.05) is 12.7 Å². The quantitative estimate of drug-likeness (QED) is 0.864. The summed E-state index contributed by atoms with van der Waals surface area (Å²) >= 11 is 0. The van der Waals surface area contributed by atoms with Crippen molar-refractivity contribution in [2.24, 2.45) is 0 Å². The van der Waals surface area contributed by atoms with Gasteiger partial charge in [0.05, 0.1) is 12.8 Å². The number of aromatic nitrogens is 1. The highest BCUT2D eigenvalue weighted by Gasteiger charge is 2.03. The van der Waals surface area contributed by atoms with Gasteiger partial charge in [0.15, 0.2) is 0 Å². The summed E-state index contributed by atoms with van der Waals surface area (Å²) in [5, 5.41) is 3.25. The van der Waals surface area contributed by atoms with E-state index in [1.807, 2.05) is 37.4 Å². The molecule has 0 aliphatic rings. The molecule has 0 saturated carbocycles. The fourth-order valence-electron chi connectivity index (χ4n) is 1.96. The molecule has 0 unspecified atom stereocenters. The molecule has 2 aromatic rings. The third-order valence-electron chi connectivity index (χ3n) is 2.93. The molecular formula is C15H19N3O. The Hall–Kier alpha value is -2.23. The van der Waals surface area contributed by atoms with Gasteiger partial charge in [-0.25, -0.2) is 4.98 Å². The van der Waals surface area contributed by atoms with Crippen LogP contribution in [-0.4, -0.2) is 18.6 Å². The molecule has 0 aliphatic carbocycles. The smallest absolute Gasteiger partial charge is 0.149 e. The van der Waals surface area contributed by atoms with Crippen molar-refractivity contribution in [3.8, 4) is 5.75 Å². The lowest BCUT2D eigenvalue weighted by molar-refractivity contribution is 0.410. The number of nitrogen functional groups attached to an aromatic ring is 1. The van der Waals surface area contributed by atoms with Gasteiger partial charge in [-0.2, -0.15) is 0 Å². The number of rotatable bonds is 5. The number of anilines is 2. The molecular weight excluding hydrogens is 238 g/mol. The van der Waals surface area contributed by atoms with E-state index >= 15 is 0 Å². The van der Waals surface area contributed by atoms with Gasteiger partial charge >= 0.3 is 0 Å². The van der Waals surface area contributed by atoms with Crippen LogP contribution >= 0.6 is 0 Å². The summed E-state index contributed by atoms with van der Waals surface area (Å²) in [6.45, 7) is 2.74. The number of benzene rings is 1. The Balaban J connectivity index is 1.96. The fraction of sp³-hybridized carbons (Fsp3) is 0.267. The zero-order valence-electron chi connectivity index (χ0n) is 11.3. The van der Waals surface area contributed by atoms with Crippen LogP contribution in [-0.2, 0) is 6.42 Å². The number of nitrogens with two attached hydrogens (primary N) is 1. The molecule has 0 saturated heterocycles. The Kier molecular flexibility index (Phi) is 4.23. The lowest BCUT2D eigenvalue weighted by atomic mass is 10.1. The standard InChI is InChI=1S/C15H19N3O/c1-11-9-13(16)15(18-10-11)17-8-7-12-5-3-4-6-14(12)19-2/h3-6,9-10H,7-8,16H2,1-2H3,(H,17,18). The fourth-order valence-corrected chi connectivity index (χ4v) is 1.96. The molecule has 100 valence electrons. The van der Waals surface area contributed by atoms with Crippen molar-refractivity contribution in [2.45, 2.75) is 13.3 Å². The van der Waals surface area contributed by atoms with Crippen molar-refractivity contribution in [1.29, 1.82) is 0 Å². The number of aryl methyl sites for hydroxylation is 1. The molecule has 0 fully saturated rings. The molecule has 0 atom stereocenters. The molecule has 1 aromatic heterocycles. The summed E-state index contributed by atoms with van der Waals surface area (Å²) < 4.78 is 5.32. The number of hydrogen-bond donors (Lipinski definition) is 2. The van der Waals surface area contributed by atoms with Crippen LogP contribution in [0.25, 0.3) is 0 Å². The summed E-state index contributed by atoms with van der Waals surface area (Å²) in [6, 6.07) is 9.92. The van der Waals surface area contributed by atoms with Gasteiger partial charge < -0.3 is 15.8 Å². The molecule has 0 radical (unpaired) electrons. The zero-order chi connectivity index (χ0) is 13.7. The number of para-hydroxylation sites is 1. The molecule has 3 N–H and O–H groups in total. The maximum Gasteiger partial charge on any atom is 0.149 e. The van der Waals surface area contributed by atoms with E-state index in [4.69, 9.17) is 10.5 Å². The number of methoxy groups -OCH3 is 1. The summed E-state index contributed by atoms with van der Waals surface area (Å²) in [6.07, 6.45) is 2.67. The highest BCUT2D eigenvalue weighted by molar-refractivity contribution is 5.61. The van der Waals surface area contributed by atoms with Crippen LogP contribution in [0, 0.1) is 6.92 Å². The number of nitrogens with zero attached hydrogens (tertiary/aromatic N) is 1. The van der Waals surface area contributed by atoms with E-state index in [1.165, 1.54) is 5.56 Å². The molecule has 0 amide bonds. The Bertz CT molecular complexity index is 555. The lowest BCUT2D eigenvalue weighted by Crippen LogP contribution is -2.09. The molecule has 0 aliphatic heterocycles. The number of hydrogen-bond acceptors (Lipinski definition) is 4. The molecule has 0 spiro atoms. The van der Waals surface area contributed by atoms with Crippen molar-refractivity contribution in [2.75, 3.05) is 24.7 Å². The molecule has 4 nitrogen and oxygen atoms in total. The van der Waals surface area contributed by atoms with Crippen LogP contribution in [0.5, 0.6) is 5.75 Å². The summed E-state index contributed by atoms with van der Waals surface area (Å²) in [7, 11) is 1.69. The Morgan fingerprint density at radius 1 is 1.32 bits per heavy atom. The van der Waals surface area contributed by atoms with E-state index in [0.717, 1.165) is 30.1 Å². The molecule has 1 heterocycles. The van der Waals surface area contributed by atoms with E-state index in [0.29, 0.717) is 5.69 Å². The first-order chi connectivity index (χ1) is 9.20. The molecule has 1 aromatic carbocycles. The van der Waals surface area contributed by atoms with Crippen molar-refractivity contribution >= 4 is 11.5 Å². The van der Waals surface area contributed by atoms with E-state index < -0.39 is 0 Å². The Morgan fingerprint density at radius 3 is 2.84 bits per heavy atom. The van der Waals surface area contributed by atoms with E-state index in [9.17, 15) is 0 Å². The minimum atomic E-state index is 0.681. The average molecular weight is 257 g/mol. The van der Waals surface area contributed by atoms with Crippen LogP contribution in [0.3, 0.4) is 0 Å². The first kappa shape index (κ1) is 13.2. The lowest BCUT2D eigenvalue weighted by Gasteiger charge is -2.11. The summed E-state index contributed by atoms with van der Waals surface area (Å²) in [5.41, 5.74) is 8.82. The van der Waals surface area contributed by atoms with Gasteiger partial charge in [0.1, 0.15) is 11.6 Å². The first-order valence-corrected chi connectivity index (χ1v) is 6.28. The average Bonchev–Trinajstić information content (AvgIpc) is 2.42. The van der Waals surface area contributed by atoms with Crippen LogP contribution in [0.1, 0.15) is 11.1 Å². The SMILES string of the molecule is COc1ccccc1CCNc1ncc(C)cc1N. The second-order valence-electron chi connectivity index (χ2n) is 4.44. The van der Waals surface area contributed by atoms with E-state index in [1.54, 1.807) is 7.11 Å². The number of nitrogens with one attached hydrogen (secondary N) is 1. The highest BCUT2D eigenvalue weighted by Crippen LogP contribution is 2.19. The molecule has 0 bridgehead atoms. The summed E-state index contributed by atoms with van der Waals surface area (Å²) in [5.74, 6) is 1.65. The third kappa shape index (κ3) is 3.37. The van der Waals surface area contributed by atoms with Gasteiger partial charge in [0.2, 0.25) is 0 Å². The minimum absolute atomic E-state index is 0.681. The second kappa shape index (κ2) is 6.09. The van der Waals surface area contributed by atoms with Crippen LogP contribution in [0.4, 0.5) is 11.5 Å². The normalized spacial score (nSPS) is 10.2. The topological polar surface area (TPSA) is 60.2 Å². The number of ether oxygens (including phenoxy) is 1. The van der Waals surface area contributed by atoms with Gasteiger partial charge in [-0.1, -0.05) is 18.2 Å². The van der Waals surface area contributed by atoms with Crippen LogP contribution in [0.15, 0.2) is 36.5 Å². The molecule has 2 rings (SSSR count). The number of pyridine rings is 1. The molecule has 19 heavy (non-hydrogen) atoms. The van der Waals surface area contributed by atoms with Crippen LogP contribution < -0.4 is 15.8 Å². The zero-order valence-corrected chi connectivity index (χ0v) is 11.3. The Labute approximate surface area is 113 Å². The predicted octanol–water partition coefficient (Wildman–Crippen LogP) is 2.64. The van der Waals surface area contributed by atoms with E-state index in [-0.39, 0.29) is 0 Å². The minimum Gasteiger partial charge on any atom is -0.496 e. The van der Waals surface area contributed by atoms with Gasteiger partial charge in [-0.3, -0.25) is 0 Å². The maximum absolute atomic E-state index is 5.91. The van der Waals surface area contributed by atoms with Crippen molar-refractivity contribution < 1.29 is 4.74 Å². The van der Waals surface area contributed by atoms with Crippen LogP contribution in [0.2, 0.25) is 0 Å². The van der Waals surface area contributed by atoms with Gasteiger partial charge in [-0.15, -0.1) is 0 Å². The summed E-state index contributed by atoms with van der Waals surface area (Å²) in [4.78, 5) is 4.28. The third-order valence-corrected chi connectivity index (χ3v) is 2.93. The predicted molar refractivity (Wildman–Crippen MR) is 78.6 cm³/mol. The maximum atomic E-state index is 5.91. The van der Waals surface area contributed by atoms with Crippen molar-refractivity contribution in [3.05, 3.63) is 47.7 Å². The van der Waals surface area contributed by atoms with Gasteiger partial charge in [-0.05, 0) is 36.6 Å².